The van der Waals surface area contributed by atoms with Crippen molar-refractivity contribution in [3.05, 3.63) is 22.5 Å². The molecule has 1 aliphatic rings. The van der Waals surface area contributed by atoms with Gasteiger partial charge in [-0.1, -0.05) is 0 Å². The molecule has 0 amide bonds. The maximum atomic E-state index is 10.6. The summed E-state index contributed by atoms with van der Waals surface area (Å²) < 4.78 is 6.71. The highest BCUT2D eigenvalue weighted by molar-refractivity contribution is 5.20. The lowest BCUT2D eigenvalue weighted by Crippen LogP contribution is -2.41. The third kappa shape index (κ3) is 3.99. The van der Waals surface area contributed by atoms with Crippen molar-refractivity contribution in [3.63, 3.8) is 0 Å². The van der Waals surface area contributed by atoms with Gasteiger partial charge in [0.15, 0.2) is 0 Å². The molecule has 1 aromatic rings. The van der Waals surface area contributed by atoms with Gasteiger partial charge in [-0.3, -0.25) is 14.8 Å². The van der Waals surface area contributed by atoms with Gasteiger partial charge in [0.05, 0.1) is 17.6 Å². The van der Waals surface area contributed by atoms with Crippen LogP contribution in [0.25, 0.3) is 0 Å². The zero-order chi connectivity index (χ0) is 14.5. The van der Waals surface area contributed by atoms with E-state index in [0.717, 1.165) is 26.1 Å². The zero-order valence-corrected chi connectivity index (χ0v) is 11.5. The van der Waals surface area contributed by atoms with Gasteiger partial charge in [0.25, 0.3) is 0 Å². The second kappa shape index (κ2) is 6.78. The molecule has 1 N–H and O–H groups in total. The van der Waals surface area contributed by atoms with Crippen LogP contribution in [0.4, 0.5) is 5.69 Å². The molecule has 1 aliphatic heterocycles. The molecule has 8 nitrogen and oxygen atoms in total. The Morgan fingerprint density at radius 2 is 2.35 bits per heavy atom. The van der Waals surface area contributed by atoms with Gasteiger partial charge in [-0.2, -0.15) is 5.10 Å². The fourth-order valence-electron chi connectivity index (χ4n) is 2.43. The monoisotopic (exact) mass is 284 g/mol. The predicted molar refractivity (Wildman–Crippen MR) is 71.4 cm³/mol. The summed E-state index contributed by atoms with van der Waals surface area (Å²) in [7, 11) is 1.98. The Hall–Kier alpha value is -1.51. The summed E-state index contributed by atoms with van der Waals surface area (Å²) in [4.78, 5) is 12.2. The van der Waals surface area contributed by atoms with Crippen LogP contribution in [0.2, 0.25) is 0 Å². The number of nitrogens with zero attached hydrogens (tertiary/aromatic N) is 4. The minimum absolute atomic E-state index is 0.0602. The number of ether oxygens (including phenoxy) is 1. The third-order valence-corrected chi connectivity index (χ3v) is 3.54. The first-order valence-electron chi connectivity index (χ1n) is 6.69. The number of hydrogen-bond acceptors (Lipinski definition) is 6. The van der Waals surface area contributed by atoms with Gasteiger partial charge in [0.2, 0.25) is 0 Å². The summed E-state index contributed by atoms with van der Waals surface area (Å²) in [5.41, 5.74) is -0.0602. The van der Waals surface area contributed by atoms with Crippen LogP contribution in [0.5, 0.6) is 0 Å². The number of hydrogen-bond donors (Lipinski definition) is 1. The first-order chi connectivity index (χ1) is 9.56. The largest absolute Gasteiger partial charge is 0.390 e. The molecule has 112 valence electrons. The molecule has 0 bridgehead atoms. The SMILES string of the molecule is CN(CC(O)Cn1cc([N+](=O)[O-])cn1)C1CCOCC1. The van der Waals surface area contributed by atoms with Crippen LogP contribution in [-0.2, 0) is 11.3 Å². The molecule has 1 unspecified atom stereocenters. The second-order valence-electron chi connectivity index (χ2n) is 5.11. The van der Waals surface area contributed by atoms with Crippen LogP contribution < -0.4 is 0 Å². The van der Waals surface area contributed by atoms with E-state index in [4.69, 9.17) is 4.74 Å². The van der Waals surface area contributed by atoms with E-state index in [1.54, 1.807) is 0 Å². The molecule has 1 aromatic heterocycles. The normalized spacial score (nSPS) is 18.4. The van der Waals surface area contributed by atoms with Gasteiger partial charge in [-0.05, 0) is 19.9 Å². The van der Waals surface area contributed by atoms with E-state index in [2.05, 4.69) is 10.00 Å². The molecule has 1 saturated heterocycles. The predicted octanol–water partition coefficient (Wildman–Crippen LogP) is 0.263. The molecule has 2 heterocycles. The van der Waals surface area contributed by atoms with E-state index in [-0.39, 0.29) is 12.2 Å². The lowest BCUT2D eigenvalue weighted by atomic mass is 10.1. The van der Waals surface area contributed by atoms with Crippen molar-refractivity contribution < 1.29 is 14.8 Å². The lowest BCUT2D eigenvalue weighted by Gasteiger charge is -2.32. The Morgan fingerprint density at radius 1 is 1.65 bits per heavy atom. The Bertz CT molecular complexity index is 444. The van der Waals surface area contributed by atoms with Crippen molar-refractivity contribution in [1.82, 2.24) is 14.7 Å². The van der Waals surface area contributed by atoms with Crippen LogP contribution in [0.3, 0.4) is 0 Å². The molecular weight excluding hydrogens is 264 g/mol. The van der Waals surface area contributed by atoms with E-state index in [0.29, 0.717) is 12.6 Å². The van der Waals surface area contributed by atoms with Crippen molar-refractivity contribution >= 4 is 5.69 Å². The summed E-state index contributed by atoms with van der Waals surface area (Å²) in [6.45, 7) is 2.28. The minimum atomic E-state index is -0.609. The molecule has 0 spiro atoms. The molecule has 1 atom stereocenters. The highest BCUT2D eigenvalue weighted by Crippen LogP contribution is 2.13. The summed E-state index contributed by atoms with van der Waals surface area (Å²) in [6, 6.07) is 0.422. The number of likely N-dealkylation sites (N-methyl/N-ethyl adjacent to an activating group) is 1. The highest BCUT2D eigenvalue weighted by Gasteiger charge is 2.21. The lowest BCUT2D eigenvalue weighted by molar-refractivity contribution is -0.385. The zero-order valence-electron chi connectivity index (χ0n) is 11.5. The number of aromatic nitrogens is 2. The smallest absolute Gasteiger partial charge is 0.306 e. The van der Waals surface area contributed by atoms with E-state index in [9.17, 15) is 15.2 Å². The number of aliphatic hydroxyl groups is 1. The quantitative estimate of drug-likeness (QED) is 0.595. The molecule has 0 aliphatic carbocycles. The van der Waals surface area contributed by atoms with Crippen LogP contribution in [0.15, 0.2) is 12.4 Å². The Balaban J connectivity index is 1.81. The summed E-state index contributed by atoms with van der Waals surface area (Å²) >= 11 is 0. The number of nitro groups is 1. The average molecular weight is 284 g/mol. The highest BCUT2D eigenvalue weighted by atomic mass is 16.6. The molecule has 0 aromatic carbocycles. The van der Waals surface area contributed by atoms with E-state index >= 15 is 0 Å². The van der Waals surface area contributed by atoms with Gasteiger partial charge < -0.3 is 14.7 Å². The standard InChI is InChI=1S/C12H20N4O4/c1-14(10-2-4-20-5-3-10)8-12(17)9-15-7-11(6-13-15)16(18)19/h6-7,10,12,17H,2-5,8-9H2,1H3. The van der Waals surface area contributed by atoms with Crippen LogP contribution in [0, 0.1) is 10.1 Å². The molecule has 8 heteroatoms. The van der Waals surface area contributed by atoms with E-state index < -0.39 is 11.0 Å². The third-order valence-electron chi connectivity index (χ3n) is 3.54. The maximum absolute atomic E-state index is 10.6. The Kier molecular flexibility index (Phi) is 5.05. The topological polar surface area (TPSA) is 93.7 Å². The molecule has 2 rings (SSSR count). The Labute approximate surface area is 117 Å². The molecule has 1 fully saturated rings. The molecule has 0 radical (unpaired) electrons. The van der Waals surface area contributed by atoms with Crippen molar-refractivity contribution in [1.29, 1.82) is 0 Å². The van der Waals surface area contributed by atoms with Crippen molar-refractivity contribution in [2.45, 2.75) is 31.5 Å². The van der Waals surface area contributed by atoms with E-state index in [1.165, 1.54) is 17.1 Å². The Morgan fingerprint density at radius 3 is 2.95 bits per heavy atom. The fourth-order valence-corrected chi connectivity index (χ4v) is 2.43. The van der Waals surface area contributed by atoms with Gasteiger partial charge in [-0.25, -0.2) is 0 Å². The molecular formula is C12H20N4O4. The van der Waals surface area contributed by atoms with Gasteiger partial charge in [0, 0.05) is 25.8 Å². The van der Waals surface area contributed by atoms with Gasteiger partial charge >= 0.3 is 5.69 Å². The average Bonchev–Trinajstić information content (AvgIpc) is 2.88. The van der Waals surface area contributed by atoms with Crippen molar-refractivity contribution in [3.8, 4) is 0 Å². The summed E-state index contributed by atoms with van der Waals surface area (Å²) in [5, 5.41) is 24.5. The first-order valence-corrected chi connectivity index (χ1v) is 6.69. The molecule has 0 saturated carbocycles. The summed E-state index contributed by atoms with van der Waals surface area (Å²) in [5.74, 6) is 0. The van der Waals surface area contributed by atoms with E-state index in [1.807, 2.05) is 7.05 Å². The van der Waals surface area contributed by atoms with Gasteiger partial charge in [-0.15, -0.1) is 0 Å². The van der Waals surface area contributed by atoms with Crippen LogP contribution in [-0.4, -0.2) is 63.7 Å². The van der Waals surface area contributed by atoms with Crippen molar-refractivity contribution in [2.75, 3.05) is 26.8 Å². The number of aliphatic hydroxyl groups excluding tert-OH is 1. The van der Waals surface area contributed by atoms with Crippen LogP contribution in [0.1, 0.15) is 12.8 Å². The maximum Gasteiger partial charge on any atom is 0.306 e. The summed E-state index contributed by atoms with van der Waals surface area (Å²) in [6.07, 6.45) is 3.85. The van der Waals surface area contributed by atoms with Crippen molar-refractivity contribution in [2.24, 2.45) is 0 Å². The van der Waals surface area contributed by atoms with Crippen LogP contribution >= 0.6 is 0 Å². The minimum Gasteiger partial charge on any atom is -0.390 e. The van der Waals surface area contributed by atoms with Gasteiger partial charge in [0.1, 0.15) is 12.4 Å². The second-order valence-corrected chi connectivity index (χ2v) is 5.11. The fraction of sp³-hybridized carbons (Fsp3) is 0.750. The number of rotatable bonds is 6. The first kappa shape index (κ1) is 14.9. The molecule has 20 heavy (non-hydrogen) atoms.